The number of carbonyl (C=O) groups excluding carboxylic acids is 1. The predicted octanol–water partition coefficient (Wildman–Crippen LogP) is 9.73. The third kappa shape index (κ3) is 11.7. The molecule has 1 saturated heterocycles. The Hall–Kier alpha value is -6.27. The lowest BCUT2D eigenvalue weighted by molar-refractivity contribution is -0.0408. The smallest absolute Gasteiger partial charge is 0.368 e. The third-order valence-electron chi connectivity index (χ3n) is 11.6. The number of aromatic amines is 1. The Morgan fingerprint density at radius 2 is 1.11 bits per heavy atom. The van der Waals surface area contributed by atoms with Crippen LogP contribution in [0.1, 0.15) is 47.2 Å². The van der Waals surface area contributed by atoms with Crippen molar-refractivity contribution in [2.75, 3.05) is 11.7 Å². The minimum Gasteiger partial charge on any atom is -0.481 e. The number of ether oxygens (including phenoxy) is 1. The summed E-state index contributed by atoms with van der Waals surface area (Å²) in [6.07, 6.45) is -2.37. The van der Waals surface area contributed by atoms with Crippen molar-refractivity contribution < 1.29 is 33.4 Å². The van der Waals surface area contributed by atoms with Crippen molar-refractivity contribution in [1.82, 2.24) is 20.0 Å². The van der Waals surface area contributed by atoms with E-state index in [-0.39, 0.29) is 44.7 Å². The molecule has 13 heteroatoms. The Kier molecular flexibility index (Phi) is 14.7. The number of aromatic nitrogens is 2. The summed E-state index contributed by atoms with van der Waals surface area (Å²) in [6, 6.07) is 49.7. The van der Waals surface area contributed by atoms with E-state index in [1.54, 1.807) is 21.9 Å². The molecule has 0 bridgehead atoms. The molecule has 336 valence electrons. The number of urea groups is 1. The quantitative estimate of drug-likeness (QED) is 0.0583. The van der Waals surface area contributed by atoms with E-state index in [0.29, 0.717) is 30.0 Å². The fourth-order valence-electron chi connectivity index (χ4n) is 8.25. The van der Waals surface area contributed by atoms with Crippen LogP contribution in [0.15, 0.2) is 164 Å². The molecule has 4 atom stereocenters. The molecule has 2 amide bonds. The summed E-state index contributed by atoms with van der Waals surface area (Å²) in [7, 11) is -3.81. The number of benzene rings is 6. The van der Waals surface area contributed by atoms with Crippen molar-refractivity contribution in [3.8, 4) is 5.75 Å². The van der Waals surface area contributed by atoms with Crippen molar-refractivity contribution in [1.29, 1.82) is 0 Å². The number of nitrogens with zero attached hydrogens (tertiary/aromatic N) is 3. The summed E-state index contributed by atoms with van der Waals surface area (Å²) in [4.78, 5) is 18.9. The standard InChI is InChI=1S/C52H56N5O7P/c1-37(2)53-51-45-29-43(26-27-46(45)54-55-51)33-57-48(31-39-18-9-4-10-19-39)50(59)49(58)47(30-38-16-7-3-8-17-38)56(52(57)60)32-42-24-15-25-44(28-42)62-36-65(61,63-34-40-20-11-5-12-21-40)64-35-41-22-13-6-14-23-41/h3-29,37,47-50,58-59H,30-36H2,1-2H3,(H2,53,54,55)/t47-,48-,49+,50+/m1/s1. The molecule has 6 aromatic carbocycles. The first kappa shape index (κ1) is 45.3. The van der Waals surface area contributed by atoms with Gasteiger partial charge in [0.2, 0.25) is 0 Å². The molecule has 1 aliphatic heterocycles. The maximum absolute atomic E-state index is 15.5. The van der Waals surface area contributed by atoms with Crippen molar-refractivity contribution in [2.45, 2.75) is 83.3 Å². The Balaban J connectivity index is 1.10. The van der Waals surface area contributed by atoms with Crippen LogP contribution < -0.4 is 10.1 Å². The molecule has 0 unspecified atom stereocenters. The third-order valence-corrected chi connectivity index (χ3v) is 13.1. The fourth-order valence-corrected chi connectivity index (χ4v) is 9.47. The number of rotatable bonds is 19. The number of carbonyl (C=O) groups is 1. The van der Waals surface area contributed by atoms with Gasteiger partial charge in [-0.25, -0.2) is 4.79 Å². The van der Waals surface area contributed by atoms with Crippen LogP contribution in [0.2, 0.25) is 0 Å². The monoisotopic (exact) mass is 893 g/mol. The molecule has 1 fully saturated rings. The predicted molar refractivity (Wildman–Crippen MR) is 253 cm³/mol. The summed E-state index contributed by atoms with van der Waals surface area (Å²) < 4.78 is 32.4. The van der Waals surface area contributed by atoms with Crippen LogP contribution in [0.3, 0.4) is 0 Å². The summed E-state index contributed by atoms with van der Waals surface area (Å²) in [5.74, 6) is 1.11. The van der Waals surface area contributed by atoms with E-state index in [9.17, 15) is 14.8 Å². The van der Waals surface area contributed by atoms with Crippen LogP contribution in [0.4, 0.5) is 10.6 Å². The van der Waals surface area contributed by atoms with Crippen molar-refractivity contribution in [3.05, 3.63) is 197 Å². The highest BCUT2D eigenvalue weighted by Gasteiger charge is 2.46. The van der Waals surface area contributed by atoms with E-state index >= 15 is 4.79 Å². The first-order valence-corrected chi connectivity index (χ1v) is 23.8. The number of aliphatic hydroxyl groups excluding tert-OH is 2. The molecule has 1 aliphatic rings. The van der Waals surface area contributed by atoms with Gasteiger partial charge in [0.25, 0.3) is 0 Å². The molecule has 0 radical (unpaired) electrons. The Morgan fingerprint density at radius 3 is 1.62 bits per heavy atom. The lowest BCUT2D eigenvalue weighted by Crippen LogP contribution is -2.50. The number of aliphatic hydroxyl groups is 2. The second-order valence-corrected chi connectivity index (χ2v) is 18.8. The highest BCUT2D eigenvalue weighted by Crippen LogP contribution is 2.50. The van der Waals surface area contributed by atoms with Crippen molar-refractivity contribution in [3.63, 3.8) is 0 Å². The molecule has 0 saturated carbocycles. The van der Waals surface area contributed by atoms with Crippen LogP contribution in [0, 0.1) is 0 Å². The number of H-pyrrole nitrogens is 1. The Labute approximate surface area is 380 Å². The summed E-state index contributed by atoms with van der Waals surface area (Å²) in [5, 5.41) is 36.5. The van der Waals surface area contributed by atoms with E-state index in [0.717, 1.165) is 38.7 Å². The maximum Gasteiger partial charge on any atom is 0.368 e. The van der Waals surface area contributed by atoms with Crippen LogP contribution >= 0.6 is 7.60 Å². The van der Waals surface area contributed by atoms with E-state index in [1.807, 2.05) is 166 Å². The first-order chi connectivity index (χ1) is 31.6. The summed E-state index contributed by atoms with van der Waals surface area (Å²) in [5.41, 5.74) is 5.90. The summed E-state index contributed by atoms with van der Waals surface area (Å²) in [6.45, 7) is 4.45. The Morgan fingerprint density at radius 1 is 0.631 bits per heavy atom. The van der Waals surface area contributed by atoms with Crippen LogP contribution in [-0.4, -0.2) is 72.9 Å². The van der Waals surface area contributed by atoms with E-state index < -0.39 is 31.9 Å². The summed E-state index contributed by atoms with van der Waals surface area (Å²) >= 11 is 0. The van der Waals surface area contributed by atoms with Gasteiger partial charge in [-0.2, -0.15) is 5.10 Å². The molecular formula is C52H56N5O7P. The minimum atomic E-state index is -3.81. The van der Waals surface area contributed by atoms with Gasteiger partial charge in [0, 0.05) is 24.5 Å². The molecule has 2 heterocycles. The van der Waals surface area contributed by atoms with E-state index in [4.69, 9.17) is 13.8 Å². The number of anilines is 1. The van der Waals surface area contributed by atoms with Gasteiger partial charge in [-0.05, 0) is 84.3 Å². The number of hydrogen-bond acceptors (Lipinski definition) is 9. The molecule has 4 N–H and O–H groups in total. The zero-order valence-corrected chi connectivity index (χ0v) is 37.5. The normalized spacial score (nSPS) is 18.0. The topological polar surface area (TPSA) is 149 Å². The fraction of sp³-hybridized carbons (Fsp3) is 0.269. The average Bonchev–Trinajstić information content (AvgIpc) is 3.71. The van der Waals surface area contributed by atoms with Gasteiger partial charge in [-0.15, -0.1) is 0 Å². The number of fused-ring (bicyclic) bond motifs is 1. The lowest BCUT2D eigenvalue weighted by Gasteiger charge is -2.36. The molecule has 12 nitrogen and oxygen atoms in total. The molecule has 8 rings (SSSR count). The molecular weight excluding hydrogens is 838 g/mol. The van der Waals surface area contributed by atoms with E-state index in [2.05, 4.69) is 15.5 Å². The number of nitrogens with one attached hydrogen (secondary N) is 2. The number of hydrogen-bond donors (Lipinski definition) is 4. The van der Waals surface area contributed by atoms with Crippen molar-refractivity contribution >= 4 is 30.3 Å². The van der Waals surface area contributed by atoms with Gasteiger partial charge in [0.1, 0.15) is 18.0 Å². The molecule has 0 aliphatic carbocycles. The van der Waals surface area contributed by atoms with Crippen molar-refractivity contribution in [2.24, 2.45) is 0 Å². The highest BCUT2D eigenvalue weighted by molar-refractivity contribution is 7.53. The van der Waals surface area contributed by atoms with Gasteiger partial charge < -0.3 is 39.1 Å². The van der Waals surface area contributed by atoms with Gasteiger partial charge in [0.05, 0.1) is 30.8 Å². The second kappa shape index (κ2) is 21.1. The molecule has 0 spiro atoms. The minimum absolute atomic E-state index is 0.0675. The van der Waals surface area contributed by atoms with Gasteiger partial charge in [-0.1, -0.05) is 140 Å². The zero-order valence-electron chi connectivity index (χ0n) is 36.6. The van der Waals surface area contributed by atoms with Crippen LogP contribution in [0.25, 0.3) is 10.9 Å². The lowest BCUT2D eigenvalue weighted by atomic mass is 9.91. The van der Waals surface area contributed by atoms with E-state index in [1.165, 1.54) is 0 Å². The van der Waals surface area contributed by atoms with Gasteiger partial charge in [-0.3, -0.25) is 9.66 Å². The molecule has 65 heavy (non-hydrogen) atoms. The number of amides is 2. The van der Waals surface area contributed by atoms with Crippen LogP contribution in [-0.2, 0) is 52.8 Å². The highest BCUT2D eigenvalue weighted by atomic mass is 31.2. The zero-order chi connectivity index (χ0) is 45.2. The Bertz CT molecular complexity index is 2610. The first-order valence-electron chi connectivity index (χ1n) is 22.0. The van der Waals surface area contributed by atoms with Crippen LogP contribution in [0.5, 0.6) is 5.75 Å². The largest absolute Gasteiger partial charge is 0.481 e. The average molecular weight is 894 g/mol. The maximum atomic E-state index is 15.5. The molecule has 7 aromatic rings. The molecule has 1 aromatic heterocycles. The second-order valence-electron chi connectivity index (χ2n) is 16.8. The van der Waals surface area contributed by atoms with Gasteiger partial charge >= 0.3 is 13.6 Å². The van der Waals surface area contributed by atoms with Gasteiger partial charge in [0.15, 0.2) is 12.2 Å². The SMILES string of the molecule is CC(C)Nc1n[nH]c2ccc(CN3C(=O)N(Cc4cccc(OCP(=O)(OCc5ccccc5)OCc5ccccc5)c4)[C@H](Cc4ccccc4)[C@H](O)[C@@H](O)[C@H]3Cc3ccccc3)cc12.